The van der Waals surface area contributed by atoms with Gasteiger partial charge in [0.1, 0.15) is 0 Å². The van der Waals surface area contributed by atoms with E-state index in [0.717, 1.165) is 12.1 Å². The second-order valence-electron chi connectivity index (χ2n) is 4.87. The summed E-state index contributed by atoms with van der Waals surface area (Å²) in [4.78, 5) is 0.431. The molecular weight excluding hydrogens is 278 g/mol. The second-order valence-corrected chi connectivity index (χ2v) is 8.60. The van der Waals surface area contributed by atoms with Gasteiger partial charge in [0.05, 0.1) is 16.3 Å². The third-order valence-electron chi connectivity index (χ3n) is 3.55. The number of nitrogens with one attached hydrogen (secondary N) is 1. The monoisotopic (exact) mass is 299 g/mol. The fraction of sp³-hybridized carbons (Fsp3) is 0.571. The first-order valence-electron chi connectivity index (χ1n) is 6.74. The fourth-order valence-electron chi connectivity index (χ4n) is 2.33. The molecule has 0 aliphatic carbocycles. The van der Waals surface area contributed by atoms with Crippen molar-refractivity contribution in [3.8, 4) is 0 Å². The minimum atomic E-state index is -3.17. The molecule has 2 atom stereocenters. The number of anilines is 1. The van der Waals surface area contributed by atoms with E-state index in [-0.39, 0.29) is 5.75 Å². The summed E-state index contributed by atoms with van der Waals surface area (Å²) in [7, 11) is -3.17. The van der Waals surface area contributed by atoms with Gasteiger partial charge in [-0.3, -0.25) is 0 Å². The van der Waals surface area contributed by atoms with Gasteiger partial charge in [0, 0.05) is 11.3 Å². The summed E-state index contributed by atoms with van der Waals surface area (Å²) >= 11 is 1.95. The summed E-state index contributed by atoms with van der Waals surface area (Å²) in [5.74, 6) is 1.34. The summed E-state index contributed by atoms with van der Waals surface area (Å²) in [5, 5.41) is 3.96. The smallest absolute Gasteiger partial charge is 0.180 e. The van der Waals surface area contributed by atoms with Crippen molar-refractivity contribution >= 4 is 27.3 Å². The van der Waals surface area contributed by atoms with Gasteiger partial charge in [0.2, 0.25) is 0 Å². The zero-order valence-electron chi connectivity index (χ0n) is 11.4. The Balaban J connectivity index is 2.25. The van der Waals surface area contributed by atoms with E-state index in [1.165, 1.54) is 12.2 Å². The molecule has 0 bridgehead atoms. The lowest BCUT2D eigenvalue weighted by atomic mass is 10.1. The lowest BCUT2D eigenvalue weighted by Crippen LogP contribution is -2.33. The van der Waals surface area contributed by atoms with Crippen LogP contribution in [0.2, 0.25) is 0 Å². The second kappa shape index (κ2) is 6.18. The maximum absolute atomic E-state index is 12.1. The molecule has 1 saturated heterocycles. The first-order chi connectivity index (χ1) is 9.04. The van der Waals surface area contributed by atoms with Gasteiger partial charge in [-0.05, 0) is 30.7 Å². The molecular formula is C14H21NO2S2. The van der Waals surface area contributed by atoms with Gasteiger partial charge in [-0.25, -0.2) is 8.42 Å². The van der Waals surface area contributed by atoms with Gasteiger partial charge in [0.15, 0.2) is 9.84 Å². The van der Waals surface area contributed by atoms with Crippen LogP contribution in [0.15, 0.2) is 29.2 Å². The van der Waals surface area contributed by atoms with Gasteiger partial charge in [0.25, 0.3) is 0 Å². The van der Waals surface area contributed by atoms with Crippen LogP contribution in [0.1, 0.15) is 26.7 Å². The lowest BCUT2D eigenvalue weighted by molar-refractivity contribution is 0.595. The van der Waals surface area contributed by atoms with Crippen molar-refractivity contribution in [2.45, 2.75) is 42.9 Å². The van der Waals surface area contributed by atoms with Crippen molar-refractivity contribution in [1.29, 1.82) is 0 Å². The Morgan fingerprint density at radius 1 is 1.37 bits per heavy atom. The zero-order chi connectivity index (χ0) is 13.9. The van der Waals surface area contributed by atoms with E-state index in [1.54, 1.807) is 19.1 Å². The van der Waals surface area contributed by atoms with Crippen LogP contribution in [-0.2, 0) is 9.84 Å². The third kappa shape index (κ3) is 3.45. The number of thioether (sulfide) groups is 1. The van der Waals surface area contributed by atoms with Crippen LogP contribution < -0.4 is 5.32 Å². The van der Waals surface area contributed by atoms with Crippen molar-refractivity contribution in [2.75, 3.05) is 16.8 Å². The van der Waals surface area contributed by atoms with Crippen molar-refractivity contribution in [3.63, 3.8) is 0 Å². The first kappa shape index (κ1) is 14.7. The van der Waals surface area contributed by atoms with Crippen LogP contribution in [0.5, 0.6) is 0 Å². The molecule has 0 radical (unpaired) electrons. The molecule has 1 fully saturated rings. The van der Waals surface area contributed by atoms with Crippen LogP contribution in [-0.4, -0.2) is 31.2 Å². The molecule has 2 unspecified atom stereocenters. The molecule has 1 N–H and O–H groups in total. The highest BCUT2D eigenvalue weighted by molar-refractivity contribution is 8.00. The van der Waals surface area contributed by atoms with E-state index in [1.807, 2.05) is 23.9 Å². The van der Waals surface area contributed by atoms with E-state index < -0.39 is 9.84 Å². The Kier molecular flexibility index (Phi) is 4.79. The Labute approximate surface area is 120 Å². The molecule has 1 aliphatic rings. The zero-order valence-corrected chi connectivity index (χ0v) is 13.1. The summed E-state index contributed by atoms with van der Waals surface area (Å²) in [6, 6.07) is 7.59. The SMILES string of the molecule is CCS(=O)(=O)c1ccccc1NC1CCCSC1C. The number of para-hydroxylation sites is 1. The maximum atomic E-state index is 12.1. The predicted molar refractivity (Wildman–Crippen MR) is 82.7 cm³/mol. The Hall–Kier alpha value is -0.680. The molecule has 106 valence electrons. The van der Waals surface area contributed by atoms with Crippen LogP contribution in [0, 0.1) is 0 Å². The third-order valence-corrected chi connectivity index (χ3v) is 6.71. The highest BCUT2D eigenvalue weighted by Crippen LogP contribution is 2.30. The topological polar surface area (TPSA) is 46.2 Å². The molecule has 0 spiro atoms. The Morgan fingerprint density at radius 3 is 2.79 bits per heavy atom. The van der Waals surface area contributed by atoms with Crippen LogP contribution >= 0.6 is 11.8 Å². The van der Waals surface area contributed by atoms with Gasteiger partial charge in [-0.1, -0.05) is 26.0 Å². The van der Waals surface area contributed by atoms with Crippen molar-refractivity contribution in [2.24, 2.45) is 0 Å². The number of rotatable bonds is 4. The molecule has 0 amide bonds. The van der Waals surface area contributed by atoms with Crippen molar-refractivity contribution in [3.05, 3.63) is 24.3 Å². The minimum absolute atomic E-state index is 0.140. The number of sulfone groups is 1. The molecule has 1 aromatic rings. The minimum Gasteiger partial charge on any atom is -0.380 e. The molecule has 3 nitrogen and oxygen atoms in total. The molecule has 1 aromatic carbocycles. The number of hydrogen-bond donors (Lipinski definition) is 1. The Bertz CT molecular complexity index is 528. The summed E-state index contributed by atoms with van der Waals surface area (Å²) < 4.78 is 24.2. The number of benzene rings is 1. The Morgan fingerprint density at radius 2 is 2.11 bits per heavy atom. The first-order valence-corrected chi connectivity index (χ1v) is 9.44. The number of hydrogen-bond acceptors (Lipinski definition) is 4. The van der Waals surface area contributed by atoms with Gasteiger partial charge in [-0.15, -0.1) is 0 Å². The molecule has 1 aliphatic heterocycles. The average molecular weight is 299 g/mol. The van der Waals surface area contributed by atoms with Crippen molar-refractivity contribution < 1.29 is 8.42 Å². The van der Waals surface area contributed by atoms with E-state index in [2.05, 4.69) is 12.2 Å². The molecule has 0 saturated carbocycles. The van der Waals surface area contributed by atoms with E-state index in [4.69, 9.17) is 0 Å². The predicted octanol–water partition coefficient (Wildman–Crippen LogP) is 3.18. The van der Waals surface area contributed by atoms with Gasteiger partial charge < -0.3 is 5.32 Å². The van der Waals surface area contributed by atoms with Crippen LogP contribution in [0.4, 0.5) is 5.69 Å². The molecule has 1 heterocycles. The van der Waals surface area contributed by atoms with Crippen LogP contribution in [0.3, 0.4) is 0 Å². The summed E-state index contributed by atoms with van der Waals surface area (Å²) in [6.07, 6.45) is 2.30. The quantitative estimate of drug-likeness (QED) is 0.927. The largest absolute Gasteiger partial charge is 0.380 e. The van der Waals surface area contributed by atoms with Crippen molar-refractivity contribution in [1.82, 2.24) is 0 Å². The standard InChI is InChI=1S/C14H21NO2S2/c1-3-19(16,17)14-9-5-4-7-13(14)15-12-8-6-10-18-11(12)2/h4-5,7,9,11-12,15H,3,6,8,10H2,1-2H3. The normalized spacial score (nSPS) is 24.1. The van der Waals surface area contributed by atoms with E-state index >= 15 is 0 Å². The maximum Gasteiger partial charge on any atom is 0.180 e. The van der Waals surface area contributed by atoms with Gasteiger partial charge in [-0.2, -0.15) is 11.8 Å². The highest BCUT2D eigenvalue weighted by atomic mass is 32.2. The molecule has 2 rings (SSSR count). The molecule has 5 heteroatoms. The van der Waals surface area contributed by atoms with E-state index in [9.17, 15) is 8.42 Å². The average Bonchev–Trinajstić information content (AvgIpc) is 2.42. The van der Waals surface area contributed by atoms with E-state index in [0.29, 0.717) is 16.2 Å². The highest BCUT2D eigenvalue weighted by Gasteiger charge is 2.24. The van der Waals surface area contributed by atoms with Crippen LogP contribution in [0.25, 0.3) is 0 Å². The van der Waals surface area contributed by atoms with Gasteiger partial charge >= 0.3 is 0 Å². The molecule has 19 heavy (non-hydrogen) atoms. The summed E-state index contributed by atoms with van der Waals surface area (Å²) in [5.41, 5.74) is 0.753. The lowest BCUT2D eigenvalue weighted by Gasteiger charge is -2.30. The summed E-state index contributed by atoms with van der Waals surface area (Å²) in [6.45, 7) is 3.89. The molecule has 0 aromatic heterocycles. The fourth-order valence-corrected chi connectivity index (χ4v) is 4.53.